The second-order valence-corrected chi connectivity index (χ2v) is 6.46. The van der Waals surface area contributed by atoms with Gasteiger partial charge in [-0.3, -0.25) is 4.79 Å². The van der Waals surface area contributed by atoms with Crippen molar-refractivity contribution in [2.45, 2.75) is 13.8 Å². The first-order valence-electron chi connectivity index (χ1n) is 9.66. The molecule has 0 saturated heterocycles. The Kier molecular flexibility index (Phi) is 6.68. The van der Waals surface area contributed by atoms with E-state index in [4.69, 9.17) is 4.74 Å². The van der Waals surface area contributed by atoms with Crippen LogP contribution in [0, 0.1) is 0 Å². The molecule has 0 fully saturated rings. The van der Waals surface area contributed by atoms with E-state index in [1.54, 1.807) is 31.5 Å². The zero-order chi connectivity index (χ0) is 20.6. The fourth-order valence-electron chi connectivity index (χ4n) is 3.00. The summed E-state index contributed by atoms with van der Waals surface area (Å²) in [7, 11) is 1.59. The van der Waals surface area contributed by atoms with Crippen molar-refractivity contribution in [2.24, 2.45) is 0 Å². The average molecular weight is 390 g/mol. The molecule has 0 saturated carbocycles. The number of amides is 1. The van der Waals surface area contributed by atoms with Crippen molar-refractivity contribution in [3.8, 4) is 5.75 Å². The van der Waals surface area contributed by atoms with Crippen LogP contribution < -0.4 is 20.3 Å². The molecule has 29 heavy (non-hydrogen) atoms. The number of benzene rings is 2. The maximum atomic E-state index is 12.4. The predicted molar refractivity (Wildman–Crippen MR) is 118 cm³/mol. The van der Waals surface area contributed by atoms with Crippen LogP contribution in [0.25, 0.3) is 0 Å². The number of nitrogens with zero attached hydrogens (tertiary/aromatic N) is 2. The summed E-state index contributed by atoms with van der Waals surface area (Å²) in [5.74, 6) is 1.15. The number of rotatable bonds is 8. The highest BCUT2D eigenvalue weighted by molar-refractivity contribution is 6.04. The number of hydrogen-bond acceptors (Lipinski definition) is 5. The Morgan fingerprint density at radius 3 is 2.38 bits per heavy atom. The van der Waals surface area contributed by atoms with Crippen molar-refractivity contribution in [3.05, 3.63) is 72.4 Å². The van der Waals surface area contributed by atoms with Crippen LogP contribution in [-0.4, -0.2) is 31.1 Å². The first-order chi connectivity index (χ1) is 14.1. The van der Waals surface area contributed by atoms with E-state index in [9.17, 15) is 4.79 Å². The molecule has 0 aliphatic rings. The van der Waals surface area contributed by atoms with Crippen LogP contribution in [0.2, 0.25) is 0 Å². The normalized spacial score (nSPS) is 10.3. The fraction of sp³-hybridized carbons (Fsp3) is 0.217. The Bertz CT molecular complexity index is 936. The third-order valence-electron chi connectivity index (χ3n) is 4.62. The Morgan fingerprint density at radius 2 is 1.76 bits per heavy atom. The summed E-state index contributed by atoms with van der Waals surface area (Å²) in [6, 6.07) is 19.0. The van der Waals surface area contributed by atoms with Crippen LogP contribution in [0.3, 0.4) is 0 Å². The molecule has 2 N–H and O–H groups in total. The van der Waals surface area contributed by atoms with Gasteiger partial charge in [-0.25, -0.2) is 4.98 Å². The number of ether oxygens (including phenoxy) is 1. The number of methoxy groups -OCH3 is 1. The molecule has 6 nitrogen and oxygen atoms in total. The highest BCUT2D eigenvalue weighted by Gasteiger charge is 2.08. The van der Waals surface area contributed by atoms with Crippen molar-refractivity contribution in [2.75, 3.05) is 35.7 Å². The highest BCUT2D eigenvalue weighted by atomic mass is 16.5. The number of carbonyl (C=O) groups is 1. The van der Waals surface area contributed by atoms with Crippen LogP contribution in [-0.2, 0) is 0 Å². The molecule has 0 radical (unpaired) electrons. The Morgan fingerprint density at radius 1 is 1.00 bits per heavy atom. The number of hydrogen-bond donors (Lipinski definition) is 2. The molecule has 3 rings (SSSR count). The number of aromatic nitrogens is 1. The van der Waals surface area contributed by atoms with E-state index in [1.165, 1.54) is 5.69 Å². The van der Waals surface area contributed by atoms with Crippen LogP contribution in [0.1, 0.15) is 24.2 Å². The smallest absolute Gasteiger partial charge is 0.257 e. The molecule has 0 spiro atoms. The van der Waals surface area contributed by atoms with Gasteiger partial charge < -0.3 is 20.3 Å². The third kappa shape index (κ3) is 5.25. The second-order valence-electron chi connectivity index (χ2n) is 6.46. The van der Waals surface area contributed by atoms with Crippen molar-refractivity contribution in [3.63, 3.8) is 0 Å². The van der Waals surface area contributed by atoms with E-state index < -0.39 is 0 Å². The van der Waals surface area contributed by atoms with Crippen molar-refractivity contribution in [1.82, 2.24) is 4.98 Å². The minimum Gasteiger partial charge on any atom is -0.497 e. The first-order valence-corrected chi connectivity index (χ1v) is 9.66. The third-order valence-corrected chi connectivity index (χ3v) is 4.62. The molecular formula is C23H26N4O2. The summed E-state index contributed by atoms with van der Waals surface area (Å²) in [5.41, 5.74) is 3.29. The number of anilines is 4. The standard InChI is InChI=1S/C23H26N4O2/c1-4-27(5-2)20-12-10-18(11-13-20)25-22-14-9-17(16-24-22)23(28)26-19-7-6-8-21(15-19)29-3/h6-16H,4-5H2,1-3H3,(H,24,25)(H,26,28). The van der Waals surface area contributed by atoms with Crippen molar-refractivity contribution < 1.29 is 9.53 Å². The Labute approximate surface area is 171 Å². The van der Waals surface area contributed by atoms with Crippen LogP contribution >= 0.6 is 0 Å². The minimum absolute atomic E-state index is 0.221. The zero-order valence-corrected chi connectivity index (χ0v) is 17.0. The maximum Gasteiger partial charge on any atom is 0.257 e. The lowest BCUT2D eigenvalue weighted by Crippen LogP contribution is -2.21. The summed E-state index contributed by atoms with van der Waals surface area (Å²) in [6.07, 6.45) is 1.56. The van der Waals surface area contributed by atoms with E-state index in [1.807, 2.05) is 30.3 Å². The molecule has 1 amide bonds. The summed E-state index contributed by atoms with van der Waals surface area (Å²) < 4.78 is 5.17. The Balaban J connectivity index is 1.63. The SMILES string of the molecule is CCN(CC)c1ccc(Nc2ccc(C(=O)Nc3cccc(OC)c3)cn2)cc1. The number of nitrogens with one attached hydrogen (secondary N) is 2. The quantitative estimate of drug-likeness (QED) is 0.571. The summed E-state index contributed by atoms with van der Waals surface area (Å²) in [4.78, 5) is 19.1. The molecule has 2 aromatic carbocycles. The molecular weight excluding hydrogens is 364 g/mol. The number of carbonyl (C=O) groups excluding carboxylic acids is 1. The van der Waals surface area contributed by atoms with Gasteiger partial charge in [-0.15, -0.1) is 0 Å². The van der Waals surface area contributed by atoms with Gasteiger partial charge in [-0.1, -0.05) is 6.07 Å². The number of pyridine rings is 1. The van der Waals surface area contributed by atoms with E-state index in [2.05, 4.69) is 46.5 Å². The van der Waals surface area contributed by atoms with Crippen molar-refractivity contribution >= 4 is 28.8 Å². The molecule has 3 aromatic rings. The molecule has 6 heteroatoms. The van der Waals surface area contributed by atoms with Crippen LogP contribution in [0.5, 0.6) is 5.75 Å². The van der Waals surface area contributed by atoms with Gasteiger partial charge in [0.25, 0.3) is 5.91 Å². The summed E-state index contributed by atoms with van der Waals surface area (Å²) in [5, 5.41) is 6.11. The minimum atomic E-state index is -0.221. The molecule has 1 aromatic heterocycles. The van der Waals surface area contributed by atoms with E-state index in [-0.39, 0.29) is 5.91 Å². The van der Waals surface area contributed by atoms with Crippen molar-refractivity contribution in [1.29, 1.82) is 0 Å². The van der Waals surface area contributed by atoms with E-state index in [0.29, 0.717) is 22.8 Å². The largest absolute Gasteiger partial charge is 0.497 e. The molecule has 0 bridgehead atoms. The molecule has 0 atom stereocenters. The predicted octanol–water partition coefficient (Wildman–Crippen LogP) is 4.93. The first kappa shape index (κ1) is 20.2. The molecule has 0 aliphatic carbocycles. The van der Waals surface area contributed by atoms with Gasteiger partial charge in [0.2, 0.25) is 0 Å². The molecule has 0 unspecified atom stereocenters. The van der Waals surface area contributed by atoms with Gasteiger partial charge in [0.1, 0.15) is 11.6 Å². The Hall–Kier alpha value is -3.54. The van der Waals surface area contributed by atoms with Crippen LogP contribution in [0.4, 0.5) is 22.9 Å². The van der Waals surface area contributed by atoms with Gasteiger partial charge in [0, 0.05) is 42.4 Å². The van der Waals surface area contributed by atoms with Gasteiger partial charge in [0.05, 0.1) is 12.7 Å². The van der Waals surface area contributed by atoms with Gasteiger partial charge >= 0.3 is 0 Å². The average Bonchev–Trinajstić information content (AvgIpc) is 2.76. The fourth-order valence-corrected chi connectivity index (χ4v) is 3.00. The molecule has 1 heterocycles. The lowest BCUT2D eigenvalue weighted by molar-refractivity contribution is 0.102. The van der Waals surface area contributed by atoms with E-state index >= 15 is 0 Å². The monoisotopic (exact) mass is 390 g/mol. The van der Waals surface area contributed by atoms with Gasteiger partial charge in [-0.2, -0.15) is 0 Å². The lowest BCUT2D eigenvalue weighted by Gasteiger charge is -2.21. The zero-order valence-electron chi connectivity index (χ0n) is 17.0. The molecule has 0 aliphatic heterocycles. The summed E-state index contributed by atoms with van der Waals surface area (Å²) >= 11 is 0. The topological polar surface area (TPSA) is 66.5 Å². The maximum absolute atomic E-state index is 12.4. The van der Waals surface area contributed by atoms with Gasteiger partial charge in [0.15, 0.2) is 0 Å². The van der Waals surface area contributed by atoms with E-state index in [0.717, 1.165) is 18.8 Å². The highest BCUT2D eigenvalue weighted by Crippen LogP contribution is 2.21. The van der Waals surface area contributed by atoms with Gasteiger partial charge in [-0.05, 0) is 62.4 Å². The summed E-state index contributed by atoms with van der Waals surface area (Å²) in [6.45, 7) is 6.24. The lowest BCUT2D eigenvalue weighted by atomic mass is 10.2. The second kappa shape index (κ2) is 9.59. The molecule has 150 valence electrons. The van der Waals surface area contributed by atoms with Crippen LogP contribution in [0.15, 0.2) is 66.9 Å².